The molecule has 4 aromatic rings. The van der Waals surface area contributed by atoms with Crippen molar-refractivity contribution in [2.75, 3.05) is 18.4 Å². The molecule has 0 fully saturated rings. The van der Waals surface area contributed by atoms with Gasteiger partial charge in [-0.3, -0.25) is 14.2 Å². The van der Waals surface area contributed by atoms with Crippen LogP contribution in [0, 0.1) is 0 Å². The van der Waals surface area contributed by atoms with Crippen LogP contribution in [0.1, 0.15) is 12.5 Å². The van der Waals surface area contributed by atoms with Gasteiger partial charge in [-0.2, -0.15) is 0 Å². The molecule has 0 atom stereocenters. The quantitative estimate of drug-likeness (QED) is 0.409. The van der Waals surface area contributed by atoms with Crippen LogP contribution in [0.15, 0.2) is 56.4 Å². The molecule has 0 saturated heterocycles. The second-order valence-electron chi connectivity index (χ2n) is 7.48. The molecule has 0 unspecified atom stereocenters. The van der Waals surface area contributed by atoms with E-state index in [0.717, 1.165) is 16.6 Å². The average Bonchev–Trinajstić information content (AvgIpc) is 3.49. The number of aromatic nitrogens is 3. The molecule has 174 valence electrons. The van der Waals surface area contributed by atoms with Gasteiger partial charge >= 0.3 is 5.69 Å². The van der Waals surface area contributed by atoms with E-state index in [9.17, 15) is 14.4 Å². The number of carbonyl (C=O) groups excluding carboxylic acids is 1. The molecule has 1 aliphatic rings. The van der Waals surface area contributed by atoms with Gasteiger partial charge in [0.1, 0.15) is 11.2 Å². The Hall–Kier alpha value is -3.57. The third kappa shape index (κ3) is 3.97. The number of hydrogen-bond donors (Lipinski definition) is 1. The molecule has 0 spiro atoms. The van der Waals surface area contributed by atoms with E-state index in [2.05, 4.69) is 10.3 Å². The molecule has 0 bridgehead atoms. The maximum absolute atomic E-state index is 13.5. The summed E-state index contributed by atoms with van der Waals surface area (Å²) >= 11 is 2.58. The maximum atomic E-state index is 13.5. The summed E-state index contributed by atoms with van der Waals surface area (Å²) in [5.74, 6) is 0.696. The van der Waals surface area contributed by atoms with E-state index < -0.39 is 17.2 Å². The van der Waals surface area contributed by atoms with Crippen molar-refractivity contribution in [3.63, 3.8) is 0 Å². The fourth-order valence-electron chi connectivity index (χ4n) is 3.67. The molecule has 11 heteroatoms. The van der Waals surface area contributed by atoms with E-state index >= 15 is 0 Å². The number of nitrogens with one attached hydrogen (secondary N) is 1. The Kier molecular flexibility index (Phi) is 5.88. The highest BCUT2D eigenvalue weighted by atomic mass is 32.2. The number of anilines is 1. The molecule has 1 aliphatic heterocycles. The first-order valence-corrected chi connectivity index (χ1v) is 12.5. The van der Waals surface area contributed by atoms with Crippen LogP contribution in [0.25, 0.3) is 16.0 Å². The van der Waals surface area contributed by atoms with Crippen LogP contribution in [-0.2, 0) is 17.8 Å². The Morgan fingerprint density at radius 1 is 1.15 bits per heavy atom. The van der Waals surface area contributed by atoms with E-state index in [-0.39, 0.29) is 19.0 Å². The van der Waals surface area contributed by atoms with Gasteiger partial charge in [0.2, 0.25) is 12.7 Å². The number of amides is 1. The topological polar surface area (TPSA) is 104 Å². The van der Waals surface area contributed by atoms with Gasteiger partial charge in [-0.15, -0.1) is 11.3 Å². The molecule has 3 heterocycles. The van der Waals surface area contributed by atoms with Crippen molar-refractivity contribution < 1.29 is 14.3 Å². The molecule has 2 aromatic heterocycles. The smallest absolute Gasteiger partial charge is 0.337 e. The molecule has 0 aliphatic carbocycles. The molecule has 0 radical (unpaired) electrons. The van der Waals surface area contributed by atoms with Crippen LogP contribution in [0.5, 0.6) is 11.5 Å². The van der Waals surface area contributed by atoms with E-state index in [1.807, 2.05) is 25.3 Å². The Balaban J connectivity index is 1.56. The Morgan fingerprint density at radius 2 is 1.91 bits per heavy atom. The minimum Gasteiger partial charge on any atom is -0.454 e. The van der Waals surface area contributed by atoms with Crippen molar-refractivity contribution in [3.8, 4) is 17.2 Å². The lowest BCUT2D eigenvalue weighted by atomic mass is 10.1. The van der Waals surface area contributed by atoms with E-state index in [4.69, 9.17) is 9.47 Å². The summed E-state index contributed by atoms with van der Waals surface area (Å²) in [6, 6.07) is 12.3. The number of benzene rings is 2. The highest BCUT2D eigenvalue weighted by Crippen LogP contribution is 2.34. The molecular weight excluding hydrogens is 476 g/mol. The monoisotopic (exact) mass is 496 g/mol. The van der Waals surface area contributed by atoms with Gasteiger partial charge in [0, 0.05) is 11.8 Å². The summed E-state index contributed by atoms with van der Waals surface area (Å²) in [7, 11) is 0. The van der Waals surface area contributed by atoms with Gasteiger partial charge < -0.3 is 14.8 Å². The average molecular weight is 497 g/mol. The number of thiazole rings is 1. The van der Waals surface area contributed by atoms with Crippen LogP contribution >= 0.6 is 23.1 Å². The highest BCUT2D eigenvalue weighted by molar-refractivity contribution is 8.00. The zero-order chi connectivity index (χ0) is 23.8. The van der Waals surface area contributed by atoms with Crippen LogP contribution < -0.4 is 26.0 Å². The van der Waals surface area contributed by atoms with E-state index in [0.29, 0.717) is 31.9 Å². The van der Waals surface area contributed by atoms with Gasteiger partial charge in [-0.1, -0.05) is 30.8 Å². The zero-order valence-electron chi connectivity index (χ0n) is 18.4. The number of ether oxygens (including phenoxy) is 2. The van der Waals surface area contributed by atoms with E-state index in [1.54, 1.807) is 30.3 Å². The second kappa shape index (κ2) is 8.99. The van der Waals surface area contributed by atoms with Gasteiger partial charge in [-0.05, 0) is 42.5 Å². The van der Waals surface area contributed by atoms with Gasteiger partial charge in [0.15, 0.2) is 21.5 Å². The molecule has 5 rings (SSSR count). The van der Waals surface area contributed by atoms with Gasteiger partial charge in [0.05, 0.1) is 5.69 Å². The van der Waals surface area contributed by atoms with Crippen molar-refractivity contribution in [3.05, 3.63) is 68.9 Å². The zero-order valence-corrected chi connectivity index (χ0v) is 20.0. The summed E-state index contributed by atoms with van der Waals surface area (Å²) < 4.78 is 13.9. The van der Waals surface area contributed by atoms with Crippen LogP contribution in [0.3, 0.4) is 0 Å². The lowest BCUT2D eigenvalue weighted by Gasteiger charge is -2.12. The van der Waals surface area contributed by atoms with Crippen molar-refractivity contribution in [2.45, 2.75) is 24.2 Å². The third-order valence-corrected chi connectivity index (χ3v) is 7.42. The standard InChI is InChI=1S/C23H20N4O5S2/c1-3-13-4-7-15(8-5-13)27-21(29)19-20(25-22(33-2)34-19)26(23(27)30)11-18(28)24-14-6-9-16-17(10-14)32-12-31-16/h4-10H,3,11-12H2,1-2H3,(H,24,28). The fraction of sp³-hybridized carbons (Fsp3) is 0.217. The Labute approximate surface area is 202 Å². The Bertz CT molecular complexity index is 1520. The number of carbonyl (C=O) groups is 1. The molecule has 2 aromatic carbocycles. The largest absolute Gasteiger partial charge is 0.454 e. The van der Waals surface area contributed by atoms with Gasteiger partial charge in [-0.25, -0.2) is 14.3 Å². The van der Waals surface area contributed by atoms with Crippen molar-refractivity contribution in [2.24, 2.45) is 0 Å². The molecule has 0 saturated carbocycles. The number of hydrogen-bond acceptors (Lipinski definition) is 8. The summed E-state index contributed by atoms with van der Waals surface area (Å²) in [5.41, 5.74) is 1.16. The lowest BCUT2D eigenvalue weighted by Crippen LogP contribution is -2.40. The number of thioether (sulfide) groups is 1. The predicted molar refractivity (Wildman–Crippen MR) is 132 cm³/mol. The van der Waals surface area contributed by atoms with Crippen molar-refractivity contribution >= 4 is 45.0 Å². The highest BCUT2D eigenvalue weighted by Gasteiger charge is 2.21. The first-order chi connectivity index (χ1) is 16.5. The molecule has 1 N–H and O–H groups in total. The minimum atomic E-state index is -0.625. The first kappa shape index (κ1) is 22.2. The summed E-state index contributed by atoms with van der Waals surface area (Å²) in [6.45, 7) is 1.84. The SMILES string of the molecule is CCc1ccc(-n2c(=O)c3sc(SC)nc3n(CC(=O)Nc3ccc4c(c3)OCO4)c2=O)cc1. The number of rotatable bonds is 6. The maximum Gasteiger partial charge on any atom is 0.337 e. The summed E-state index contributed by atoms with van der Waals surface area (Å²) in [4.78, 5) is 44.1. The second-order valence-corrected chi connectivity index (χ2v) is 9.53. The van der Waals surface area contributed by atoms with Crippen LogP contribution in [0.4, 0.5) is 5.69 Å². The number of nitrogens with zero attached hydrogens (tertiary/aromatic N) is 3. The van der Waals surface area contributed by atoms with Crippen LogP contribution in [0.2, 0.25) is 0 Å². The number of aryl methyl sites for hydroxylation is 1. The number of fused-ring (bicyclic) bond motifs is 2. The van der Waals surface area contributed by atoms with Crippen LogP contribution in [-0.4, -0.2) is 33.1 Å². The first-order valence-electron chi connectivity index (χ1n) is 10.5. The molecule has 34 heavy (non-hydrogen) atoms. The predicted octanol–water partition coefficient (Wildman–Crippen LogP) is 3.26. The van der Waals surface area contributed by atoms with Crippen molar-refractivity contribution in [1.29, 1.82) is 0 Å². The molecule has 1 amide bonds. The molecular formula is C23H20N4O5S2. The third-order valence-electron chi connectivity index (χ3n) is 5.40. The lowest BCUT2D eigenvalue weighted by molar-refractivity contribution is -0.116. The summed E-state index contributed by atoms with van der Waals surface area (Å²) in [6.07, 6.45) is 2.68. The summed E-state index contributed by atoms with van der Waals surface area (Å²) in [5, 5.41) is 2.77. The normalized spacial score (nSPS) is 12.3. The Morgan fingerprint density at radius 3 is 2.65 bits per heavy atom. The fourth-order valence-corrected chi connectivity index (χ4v) is 5.17. The van der Waals surface area contributed by atoms with Gasteiger partial charge in [0.25, 0.3) is 5.56 Å². The minimum absolute atomic E-state index is 0.127. The van der Waals surface area contributed by atoms with Crippen molar-refractivity contribution in [1.82, 2.24) is 14.1 Å². The van der Waals surface area contributed by atoms with E-state index in [1.165, 1.54) is 27.7 Å². The molecule has 9 nitrogen and oxygen atoms in total.